The van der Waals surface area contributed by atoms with Crippen LogP contribution in [-0.4, -0.2) is 16.5 Å². The van der Waals surface area contributed by atoms with E-state index in [0.717, 1.165) is 12.1 Å². The number of hydrogen-bond acceptors (Lipinski definition) is 4. The van der Waals surface area contributed by atoms with Crippen molar-refractivity contribution in [1.82, 2.24) is 9.97 Å². The molecule has 5 heteroatoms. The first-order valence-electron chi connectivity index (χ1n) is 6.11. The molecule has 2 rings (SSSR count). The molecule has 0 aliphatic heterocycles. The fourth-order valence-corrected chi connectivity index (χ4v) is 1.57. The van der Waals surface area contributed by atoms with E-state index in [2.05, 4.69) is 15.3 Å². The maximum atomic E-state index is 13.2. The van der Waals surface area contributed by atoms with E-state index in [4.69, 9.17) is 4.74 Å². The Kier molecular flexibility index (Phi) is 3.94. The molecule has 0 aliphatic rings. The summed E-state index contributed by atoms with van der Waals surface area (Å²) in [6.07, 6.45) is 1.69. The Balaban J connectivity index is 2.26. The van der Waals surface area contributed by atoms with Crippen molar-refractivity contribution < 1.29 is 9.13 Å². The van der Waals surface area contributed by atoms with Crippen LogP contribution >= 0.6 is 0 Å². The third-order valence-corrected chi connectivity index (χ3v) is 2.60. The second-order valence-corrected chi connectivity index (χ2v) is 4.23. The highest BCUT2D eigenvalue weighted by Crippen LogP contribution is 2.24. The van der Waals surface area contributed by atoms with Gasteiger partial charge in [0.1, 0.15) is 11.6 Å². The first-order chi connectivity index (χ1) is 9.10. The molecular weight excluding hydrogens is 245 g/mol. The van der Waals surface area contributed by atoms with E-state index in [9.17, 15) is 4.39 Å². The van der Waals surface area contributed by atoms with Gasteiger partial charge >= 0.3 is 0 Å². The van der Waals surface area contributed by atoms with Crippen molar-refractivity contribution in [2.45, 2.75) is 20.8 Å². The lowest BCUT2D eigenvalue weighted by atomic mass is 10.2. The first kappa shape index (κ1) is 13.3. The maximum Gasteiger partial charge on any atom is 0.226 e. The number of benzene rings is 1. The maximum absolute atomic E-state index is 13.2. The molecule has 0 unspecified atom stereocenters. The predicted molar refractivity (Wildman–Crippen MR) is 72.1 cm³/mol. The van der Waals surface area contributed by atoms with Gasteiger partial charge in [0.15, 0.2) is 0 Å². The molecule has 0 radical (unpaired) electrons. The van der Waals surface area contributed by atoms with Crippen molar-refractivity contribution in [2.75, 3.05) is 11.9 Å². The average Bonchev–Trinajstić information content (AvgIpc) is 2.38. The summed E-state index contributed by atoms with van der Waals surface area (Å²) in [4.78, 5) is 8.41. The van der Waals surface area contributed by atoms with E-state index in [1.54, 1.807) is 25.3 Å². The highest BCUT2D eigenvalue weighted by molar-refractivity contribution is 5.37. The van der Waals surface area contributed by atoms with Crippen LogP contribution in [0.3, 0.4) is 0 Å². The molecule has 100 valence electrons. The topological polar surface area (TPSA) is 47.0 Å². The van der Waals surface area contributed by atoms with E-state index in [0.29, 0.717) is 23.1 Å². The number of anilines is 1. The van der Waals surface area contributed by atoms with E-state index in [1.807, 2.05) is 13.8 Å². The molecule has 0 fully saturated rings. The summed E-state index contributed by atoms with van der Waals surface area (Å²) in [5.74, 6) is 1.29. The second-order valence-electron chi connectivity index (χ2n) is 4.23. The molecule has 19 heavy (non-hydrogen) atoms. The van der Waals surface area contributed by atoms with Crippen LogP contribution in [0.15, 0.2) is 24.4 Å². The van der Waals surface area contributed by atoms with Gasteiger partial charge in [-0.1, -0.05) is 0 Å². The summed E-state index contributed by atoms with van der Waals surface area (Å²) in [6.45, 7) is 6.26. The Bertz CT molecular complexity index is 587. The van der Waals surface area contributed by atoms with Gasteiger partial charge < -0.3 is 10.1 Å². The number of aromatic nitrogens is 2. The molecular formula is C14H16FN3O. The van der Waals surface area contributed by atoms with Crippen LogP contribution in [0.4, 0.5) is 10.3 Å². The molecule has 0 saturated carbocycles. The van der Waals surface area contributed by atoms with Crippen LogP contribution in [0.5, 0.6) is 11.6 Å². The van der Waals surface area contributed by atoms with Gasteiger partial charge in [-0.3, -0.25) is 0 Å². The zero-order valence-corrected chi connectivity index (χ0v) is 11.2. The van der Waals surface area contributed by atoms with E-state index < -0.39 is 0 Å². The van der Waals surface area contributed by atoms with Gasteiger partial charge in [-0.05, 0) is 44.5 Å². The molecule has 1 aromatic carbocycles. The van der Waals surface area contributed by atoms with Gasteiger partial charge in [0.2, 0.25) is 11.8 Å². The summed E-state index contributed by atoms with van der Waals surface area (Å²) in [5.41, 5.74) is 1.36. The van der Waals surface area contributed by atoms with Crippen LogP contribution in [0.2, 0.25) is 0 Å². The monoisotopic (exact) mass is 261 g/mol. The summed E-state index contributed by atoms with van der Waals surface area (Å²) in [5, 5.41) is 3.02. The molecule has 4 nitrogen and oxygen atoms in total. The number of nitrogens with one attached hydrogen (secondary N) is 1. The molecule has 0 aliphatic carbocycles. The summed E-state index contributed by atoms with van der Waals surface area (Å²) < 4.78 is 18.9. The SMILES string of the molecule is CCNc1ncc(C)c(Oc2ccc(F)c(C)c2)n1. The minimum atomic E-state index is -0.250. The van der Waals surface area contributed by atoms with Gasteiger partial charge in [-0.2, -0.15) is 4.98 Å². The number of ether oxygens (including phenoxy) is 1. The van der Waals surface area contributed by atoms with Crippen molar-refractivity contribution in [1.29, 1.82) is 0 Å². The minimum Gasteiger partial charge on any atom is -0.439 e. The fraction of sp³-hybridized carbons (Fsp3) is 0.286. The van der Waals surface area contributed by atoms with Gasteiger partial charge in [0, 0.05) is 18.3 Å². The number of aryl methyl sites for hydroxylation is 2. The molecule has 0 bridgehead atoms. The molecule has 1 N–H and O–H groups in total. The summed E-state index contributed by atoms with van der Waals surface area (Å²) >= 11 is 0. The zero-order valence-electron chi connectivity index (χ0n) is 11.2. The summed E-state index contributed by atoms with van der Waals surface area (Å²) in [6, 6.07) is 4.60. The Hall–Kier alpha value is -2.17. The molecule has 0 spiro atoms. The fourth-order valence-electron chi connectivity index (χ4n) is 1.57. The van der Waals surface area contributed by atoms with Gasteiger partial charge in [0.25, 0.3) is 0 Å². The Morgan fingerprint density at radius 2 is 2.05 bits per heavy atom. The third kappa shape index (κ3) is 3.19. The quantitative estimate of drug-likeness (QED) is 0.915. The minimum absolute atomic E-state index is 0.250. The van der Waals surface area contributed by atoms with Crippen LogP contribution in [0.25, 0.3) is 0 Å². The van der Waals surface area contributed by atoms with Crippen molar-refractivity contribution in [2.24, 2.45) is 0 Å². The predicted octanol–water partition coefficient (Wildman–Crippen LogP) is 3.46. The average molecular weight is 261 g/mol. The van der Waals surface area contributed by atoms with Crippen molar-refractivity contribution >= 4 is 5.95 Å². The van der Waals surface area contributed by atoms with Crippen LogP contribution in [0, 0.1) is 19.7 Å². The molecule has 0 atom stereocenters. The van der Waals surface area contributed by atoms with Crippen molar-refractivity contribution in [3.05, 3.63) is 41.3 Å². The molecule has 1 heterocycles. The molecule has 1 aromatic heterocycles. The Morgan fingerprint density at radius 3 is 2.74 bits per heavy atom. The standard InChI is InChI=1S/C14H16FN3O/c1-4-16-14-17-8-10(3)13(18-14)19-11-5-6-12(15)9(2)7-11/h5-8H,4H2,1-3H3,(H,16,17,18). The lowest BCUT2D eigenvalue weighted by Gasteiger charge is -2.10. The Labute approximate surface area is 111 Å². The molecule has 2 aromatic rings. The lowest BCUT2D eigenvalue weighted by molar-refractivity contribution is 0.456. The van der Waals surface area contributed by atoms with Crippen LogP contribution in [-0.2, 0) is 0 Å². The number of nitrogens with zero attached hydrogens (tertiary/aromatic N) is 2. The molecule has 0 amide bonds. The smallest absolute Gasteiger partial charge is 0.226 e. The van der Waals surface area contributed by atoms with Crippen molar-refractivity contribution in [3.8, 4) is 11.6 Å². The highest BCUT2D eigenvalue weighted by Gasteiger charge is 2.07. The second kappa shape index (κ2) is 5.65. The summed E-state index contributed by atoms with van der Waals surface area (Å²) in [7, 11) is 0. The van der Waals surface area contributed by atoms with E-state index in [-0.39, 0.29) is 5.82 Å². The third-order valence-electron chi connectivity index (χ3n) is 2.60. The van der Waals surface area contributed by atoms with Gasteiger partial charge in [0.05, 0.1) is 0 Å². The first-order valence-corrected chi connectivity index (χ1v) is 6.11. The normalized spacial score (nSPS) is 10.3. The number of rotatable bonds is 4. The van der Waals surface area contributed by atoms with Crippen LogP contribution < -0.4 is 10.1 Å². The van der Waals surface area contributed by atoms with Crippen LogP contribution in [0.1, 0.15) is 18.1 Å². The lowest BCUT2D eigenvalue weighted by Crippen LogP contribution is -2.03. The number of halogens is 1. The zero-order chi connectivity index (χ0) is 13.8. The van der Waals surface area contributed by atoms with Gasteiger partial charge in [-0.15, -0.1) is 0 Å². The van der Waals surface area contributed by atoms with Gasteiger partial charge in [-0.25, -0.2) is 9.37 Å². The molecule has 0 saturated heterocycles. The highest BCUT2D eigenvalue weighted by atomic mass is 19.1. The van der Waals surface area contributed by atoms with Crippen molar-refractivity contribution in [3.63, 3.8) is 0 Å². The van der Waals surface area contributed by atoms with E-state index >= 15 is 0 Å². The Morgan fingerprint density at radius 1 is 1.26 bits per heavy atom. The largest absolute Gasteiger partial charge is 0.439 e. The van der Waals surface area contributed by atoms with E-state index in [1.165, 1.54) is 6.07 Å². The number of hydrogen-bond donors (Lipinski definition) is 1.